The van der Waals surface area contributed by atoms with Crippen molar-refractivity contribution in [1.82, 2.24) is 4.98 Å². The van der Waals surface area contributed by atoms with E-state index in [0.29, 0.717) is 5.56 Å². The molecule has 3 nitrogen and oxygen atoms in total. The maximum absolute atomic E-state index is 13.6. The fourth-order valence-corrected chi connectivity index (χ4v) is 7.51. The van der Waals surface area contributed by atoms with Crippen molar-refractivity contribution in [2.24, 2.45) is 17.3 Å². The Bertz CT molecular complexity index is 2410. The van der Waals surface area contributed by atoms with Gasteiger partial charge in [0.1, 0.15) is 0 Å². The van der Waals surface area contributed by atoms with Gasteiger partial charge in [0.25, 0.3) is 0 Å². The molecule has 7 rings (SSSR count). The van der Waals surface area contributed by atoms with E-state index in [1.807, 2.05) is 76.4 Å². The van der Waals surface area contributed by atoms with E-state index in [4.69, 9.17) is 4.98 Å². The zero-order valence-electron chi connectivity index (χ0n) is 30.5. The standard InChI is InChI=1S/C32H21F3N.C13H24O2.Ir/c1-31(2,32(33,34)35)17-18-10-11-21-24-12-13-36-30-27-16-20-7-4-3-6-19(20)15-26(27)23-9-5-8-22(25(21)14-18)28(23)29(24)30;1-5-10(6-2)12(14)9-13(15)11(7-3)8-4;/h3-15H,17H2,1-2H3;9-11,14H,5-8H2,1-4H3;/q-1;;/b;12-9-;. The maximum Gasteiger partial charge on any atom is 0.394 e. The Labute approximate surface area is 317 Å². The molecule has 0 unspecified atom stereocenters. The molecule has 0 saturated heterocycles. The quantitative estimate of drug-likeness (QED) is 0.0517. The van der Waals surface area contributed by atoms with Gasteiger partial charge < -0.3 is 5.11 Å². The van der Waals surface area contributed by atoms with E-state index in [-0.39, 0.29) is 49.9 Å². The van der Waals surface area contributed by atoms with E-state index < -0.39 is 11.6 Å². The zero-order valence-corrected chi connectivity index (χ0v) is 32.9. The first kappa shape index (κ1) is 39.2. The predicted octanol–water partition coefficient (Wildman–Crippen LogP) is 13.2. The van der Waals surface area contributed by atoms with E-state index in [2.05, 4.69) is 36.4 Å². The molecule has 0 fully saturated rings. The van der Waals surface area contributed by atoms with Gasteiger partial charge in [-0.1, -0.05) is 112 Å². The number of aromatic nitrogens is 1. The number of fused-ring (bicyclic) bond motifs is 7. The van der Waals surface area contributed by atoms with E-state index in [9.17, 15) is 23.1 Å². The van der Waals surface area contributed by atoms with Crippen LogP contribution in [0.5, 0.6) is 0 Å². The second-order valence-electron chi connectivity index (χ2n) is 14.4. The van der Waals surface area contributed by atoms with Gasteiger partial charge in [-0.25, -0.2) is 0 Å². The third-order valence-corrected chi connectivity index (χ3v) is 10.7. The minimum atomic E-state index is -4.27. The molecule has 7 aromatic rings. The molecule has 1 N–H and O–H groups in total. The summed E-state index contributed by atoms with van der Waals surface area (Å²) in [5.41, 5.74) is -0.222. The third-order valence-electron chi connectivity index (χ3n) is 10.7. The number of carbonyl (C=O) groups excluding carboxylic acids is 1. The van der Waals surface area contributed by atoms with E-state index in [1.165, 1.54) is 19.9 Å². The maximum atomic E-state index is 13.6. The summed E-state index contributed by atoms with van der Waals surface area (Å²) >= 11 is 0. The van der Waals surface area contributed by atoms with Crippen molar-refractivity contribution >= 4 is 70.5 Å². The van der Waals surface area contributed by atoms with Crippen LogP contribution in [0.4, 0.5) is 13.2 Å². The number of allylic oxidation sites excluding steroid dienone is 2. The number of ketones is 1. The number of rotatable bonds is 9. The summed E-state index contributed by atoms with van der Waals surface area (Å²) in [4.78, 5) is 16.5. The van der Waals surface area contributed by atoms with Crippen molar-refractivity contribution in [3.8, 4) is 0 Å². The largest absolute Gasteiger partial charge is 0.512 e. The molecular formula is C45H45F3IrNO2-. The Morgan fingerprint density at radius 1 is 0.769 bits per heavy atom. The molecule has 0 aliphatic rings. The van der Waals surface area contributed by atoms with Gasteiger partial charge in [0, 0.05) is 49.7 Å². The first-order valence-electron chi connectivity index (χ1n) is 18.1. The van der Waals surface area contributed by atoms with Crippen molar-refractivity contribution in [2.45, 2.75) is 79.8 Å². The van der Waals surface area contributed by atoms with Crippen molar-refractivity contribution in [2.75, 3.05) is 0 Å². The summed E-state index contributed by atoms with van der Waals surface area (Å²) in [5, 5.41) is 21.4. The summed E-state index contributed by atoms with van der Waals surface area (Å²) in [6.07, 6.45) is 2.38. The van der Waals surface area contributed by atoms with Crippen LogP contribution in [0, 0.1) is 23.3 Å². The molecule has 0 atom stereocenters. The molecule has 6 aromatic carbocycles. The normalized spacial score (nSPS) is 12.8. The Morgan fingerprint density at radius 3 is 2.06 bits per heavy atom. The van der Waals surface area contributed by atoms with Crippen LogP contribution in [0.25, 0.3) is 64.8 Å². The Kier molecular flexibility index (Phi) is 11.7. The number of alkyl halides is 3. The van der Waals surface area contributed by atoms with Gasteiger partial charge in [0.15, 0.2) is 5.78 Å². The molecule has 0 spiro atoms. The SMILES string of the molecule is CC(C)(Cc1ccc2c(c1)c1cccc3c4cc5ccccc5[c-]c4c4nccc2c4c31)C(F)(F)F.CCC(CC)C(=O)/C=C(\O)C(CC)CC.[Ir]. The van der Waals surface area contributed by atoms with Gasteiger partial charge in [-0.15, -0.1) is 23.6 Å². The number of aliphatic hydroxyl groups excluding tert-OH is 1. The Hall–Kier alpha value is -4.06. The van der Waals surface area contributed by atoms with Crippen LogP contribution in [-0.4, -0.2) is 22.1 Å². The van der Waals surface area contributed by atoms with Gasteiger partial charge in [-0.05, 0) is 81.4 Å². The number of nitrogens with zero attached hydrogens (tertiary/aromatic N) is 1. The average Bonchev–Trinajstić information content (AvgIpc) is 3.11. The van der Waals surface area contributed by atoms with Gasteiger partial charge in [0.05, 0.1) is 11.2 Å². The number of halogens is 3. The Balaban J connectivity index is 0.000000280. The monoisotopic (exact) mass is 881 g/mol. The summed E-state index contributed by atoms with van der Waals surface area (Å²) in [5.74, 6) is 0.547. The third kappa shape index (κ3) is 7.15. The van der Waals surface area contributed by atoms with E-state index >= 15 is 0 Å². The van der Waals surface area contributed by atoms with Crippen LogP contribution in [0.1, 0.15) is 72.8 Å². The minimum absolute atomic E-state index is 0. The summed E-state index contributed by atoms with van der Waals surface area (Å²) in [6.45, 7) is 10.6. The van der Waals surface area contributed by atoms with Crippen LogP contribution >= 0.6 is 0 Å². The van der Waals surface area contributed by atoms with Gasteiger partial charge in [-0.2, -0.15) is 13.2 Å². The average molecular weight is 881 g/mol. The molecule has 0 amide bonds. The summed E-state index contributed by atoms with van der Waals surface area (Å²) in [6, 6.07) is 28.0. The molecule has 1 heterocycles. The minimum Gasteiger partial charge on any atom is -0.512 e. The molecule has 1 aromatic heterocycles. The molecule has 0 aliphatic heterocycles. The summed E-state index contributed by atoms with van der Waals surface area (Å²) < 4.78 is 40.9. The molecule has 1 radical (unpaired) electrons. The first-order chi connectivity index (χ1) is 24.3. The molecule has 0 saturated carbocycles. The number of hydrogen-bond donors (Lipinski definition) is 1. The van der Waals surface area contributed by atoms with Crippen molar-refractivity contribution in [1.29, 1.82) is 0 Å². The van der Waals surface area contributed by atoms with Crippen LogP contribution in [0.3, 0.4) is 0 Å². The molecular weight excluding hydrogens is 836 g/mol. The second-order valence-corrected chi connectivity index (χ2v) is 14.4. The second kappa shape index (κ2) is 15.5. The zero-order chi connectivity index (χ0) is 36.7. The number of carbonyl (C=O) groups is 1. The van der Waals surface area contributed by atoms with Gasteiger partial charge in [0.2, 0.25) is 0 Å². The van der Waals surface area contributed by atoms with E-state index in [1.54, 1.807) is 0 Å². The topological polar surface area (TPSA) is 50.2 Å². The Morgan fingerprint density at radius 2 is 1.40 bits per heavy atom. The molecule has 273 valence electrons. The van der Waals surface area contributed by atoms with Crippen molar-refractivity contribution in [3.63, 3.8) is 0 Å². The number of aliphatic hydroxyl groups is 1. The smallest absolute Gasteiger partial charge is 0.394 e. The fraction of sp³-hybridized carbons (Fsp3) is 0.333. The number of hydrogen-bond acceptors (Lipinski definition) is 3. The molecule has 0 bridgehead atoms. The predicted molar refractivity (Wildman–Crippen MR) is 207 cm³/mol. The van der Waals surface area contributed by atoms with Crippen LogP contribution in [-0.2, 0) is 31.3 Å². The fourth-order valence-electron chi connectivity index (χ4n) is 7.51. The van der Waals surface area contributed by atoms with Crippen LogP contribution < -0.4 is 0 Å². The number of pyridine rings is 1. The van der Waals surface area contributed by atoms with Crippen molar-refractivity contribution < 1.29 is 43.2 Å². The molecule has 52 heavy (non-hydrogen) atoms. The van der Waals surface area contributed by atoms with Gasteiger partial charge >= 0.3 is 6.18 Å². The van der Waals surface area contributed by atoms with Gasteiger partial charge in [-0.3, -0.25) is 9.78 Å². The summed E-state index contributed by atoms with van der Waals surface area (Å²) in [7, 11) is 0. The van der Waals surface area contributed by atoms with Crippen LogP contribution in [0.2, 0.25) is 0 Å². The number of benzene rings is 6. The van der Waals surface area contributed by atoms with Crippen LogP contribution in [0.15, 0.2) is 90.8 Å². The van der Waals surface area contributed by atoms with Crippen molar-refractivity contribution in [3.05, 3.63) is 102 Å². The molecule has 7 heteroatoms. The van der Waals surface area contributed by atoms with E-state index in [0.717, 1.165) is 90.4 Å². The molecule has 0 aliphatic carbocycles. The first-order valence-corrected chi connectivity index (χ1v) is 18.1.